The molecule has 3 rings (SSSR count). The Morgan fingerprint density at radius 2 is 1.83 bits per heavy atom. The standard InChI is InChI=1S/C27H27F3N2O4/c1-3-7-21(15-18-8-4-10-20(14-18)27(28,29)30)31-16-19-9-5-11-22-24(19)26(36)32(25(22)35)23(17(2)34)12-6-13-33/h4-5,7-11,13-14,23,31H,3,6,12,15-16H2,1-2H3/b21-7+. The number of allylic oxidation sites excluding steroid dienone is 2. The molecule has 1 atom stereocenters. The molecule has 1 aliphatic heterocycles. The number of carbonyl (C=O) groups is 4. The van der Waals surface area contributed by atoms with Crippen molar-refractivity contribution < 1.29 is 32.3 Å². The second-order valence-electron chi connectivity index (χ2n) is 8.56. The molecule has 2 aromatic rings. The maximum absolute atomic E-state index is 13.2. The average Bonchev–Trinajstić information content (AvgIpc) is 3.08. The first-order valence-electron chi connectivity index (χ1n) is 11.6. The van der Waals surface area contributed by atoms with E-state index in [2.05, 4.69) is 5.32 Å². The van der Waals surface area contributed by atoms with Gasteiger partial charge in [0.25, 0.3) is 11.8 Å². The van der Waals surface area contributed by atoms with Crippen LogP contribution in [-0.4, -0.2) is 34.8 Å². The van der Waals surface area contributed by atoms with Crippen molar-refractivity contribution in [3.05, 3.63) is 82.1 Å². The fourth-order valence-electron chi connectivity index (χ4n) is 4.28. The summed E-state index contributed by atoms with van der Waals surface area (Å²) in [4.78, 5) is 50.1. The van der Waals surface area contributed by atoms with Gasteiger partial charge < -0.3 is 10.1 Å². The molecule has 1 unspecified atom stereocenters. The number of amides is 2. The van der Waals surface area contributed by atoms with Crippen molar-refractivity contribution in [2.75, 3.05) is 0 Å². The van der Waals surface area contributed by atoms with E-state index in [1.165, 1.54) is 19.1 Å². The SMILES string of the molecule is CC/C=C(\Cc1cccc(C(F)(F)F)c1)NCc1cccc2c1C(=O)N(C(CCC=O)C(C)=O)C2=O. The Labute approximate surface area is 207 Å². The van der Waals surface area contributed by atoms with E-state index in [0.717, 1.165) is 17.0 Å². The van der Waals surface area contributed by atoms with Crippen molar-refractivity contribution >= 4 is 23.9 Å². The Bertz CT molecular complexity index is 1200. The Balaban J connectivity index is 1.83. The van der Waals surface area contributed by atoms with Crippen molar-refractivity contribution in [3.8, 4) is 0 Å². The average molecular weight is 501 g/mol. The van der Waals surface area contributed by atoms with Crippen LogP contribution in [0, 0.1) is 0 Å². The molecular formula is C27H27F3N2O4. The lowest BCUT2D eigenvalue weighted by molar-refractivity contribution is -0.137. The van der Waals surface area contributed by atoms with Crippen molar-refractivity contribution in [3.63, 3.8) is 0 Å². The number of aldehydes is 1. The van der Waals surface area contributed by atoms with Crippen LogP contribution in [0.4, 0.5) is 13.2 Å². The molecule has 0 aromatic heterocycles. The highest BCUT2D eigenvalue weighted by Gasteiger charge is 2.42. The van der Waals surface area contributed by atoms with Gasteiger partial charge in [0.2, 0.25) is 0 Å². The van der Waals surface area contributed by atoms with Gasteiger partial charge in [0.05, 0.1) is 22.7 Å². The first-order valence-corrected chi connectivity index (χ1v) is 11.6. The minimum Gasteiger partial charge on any atom is -0.384 e. The van der Waals surface area contributed by atoms with Gasteiger partial charge in [0.15, 0.2) is 5.78 Å². The number of nitrogens with one attached hydrogen (secondary N) is 1. The van der Waals surface area contributed by atoms with Gasteiger partial charge in [-0.15, -0.1) is 0 Å². The number of hydrogen-bond donors (Lipinski definition) is 1. The first-order chi connectivity index (χ1) is 17.1. The van der Waals surface area contributed by atoms with E-state index in [1.54, 1.807) is 18.2 Å². The molecule has 2 aromatic carbocycles. The smallest absolute Gasteiger partial charge is 0.384 e. The molecule has 36 heavy (non-hydrogen) atoms. The first kappa shape index (κ1) is 26.8. The molecule has 0 radical (unpaired) electrons. The number of benzene rings is 2. The second-order valence-corrected chi connectivity index (χ2v) is 8.56. The van der Waals surface area contributed by atoms with Crippen LogP contribution in [0.5, 0.6) is 0 Å². The van der Waals surface area contributed by atoms with Crippen molar-refractivity contribution in [2.24, 2.45) is 0 Å². The molecule has 0 bridgehead atoms. The lowest BCUT2D eigenvalue weighted by Gasteiger charge is -2.23. The number of halogens is 3. The van der Waals surface area contributed by atoms with Crippen LogP contribution >= 0.6 is 0 Å². The van der Waals surface area contributed by atoms with E-state index in [9.17, 15) is 32.3 Å². The number of ketones is 1. The number of carbonyl (C=O) groups excluding carboxylic acids is 4. The van der Waals surface area contributed by atoms with Crippen LogP contribution in [-0.2, 0) is 28.7 Å². The highest BCUT2D eigenvalue weighted by atomic mass is 19.4. The van der Waals surface area contributed by atoms with Gasteiger partial charge in [-0.3, -0.25) is 19.3 Å². The molecule has 9 heteroatoms. The molecule has 0 saturated carbocycles. The van der Waals surface area contributed by atoms with E-state index in [1.807, 2.05) is 13.0 Å². The zero-order chi connectivity index (χ0) is 26.5. The number of imide groups is 1. The fourth-order valence-corrected chi connectivity index (χ4v) is 4.28. The maximum Gasteiger partial charge on any atom is 0.416 e. The van der Waals surface area contributed by atoms with Crippen LogP contribution < -0.4 is 5.32 Å². The monoisotopic (exact) mass is 500 g/mol. The summed E-state index contributed by atoms with van der Waals surface area (Å²) < 4.78 is 39.3. The largest absolute Gasteiger partial charge is 0.416 e. The number of fused-ring (bicyclic) bond motifs is 1. The minimum atomic E-state index is -4.44. The molecule has 1 aliphatic rings. The van der Waals surface area contributed by atoms with Crippen molar-refractivity contribution in [1.82, 2.24) is 10.2 Å². The highest BCUT2D eigenvalue weighted by molar-refractivity contribution is 6.23. The molecule has 0 saturated heterocycles. The van der Waals surface area contributed by atoms with Crippen molar-refractivity contribution in [1.29, 1.82) is 0 Å². The van der Waals surface area contributed by atoms with Gasteiger partial charge in [0.1, 0.15) is 6.29 Å². The number of rotatable bonds is 11. The van der Waals surface area contributed by atoms with E-state index >= 15 is 0 Å². The fraction of sp³-hybridized carbons (Fsp3) is 0.333. The molecule has 6 nitrogen and oxygen atoms in total. The van der Waals surface area contributed by atoms with Gasteiger partial charge in [-0.25, -0.2) is 0 Å². The summed E-state index contributed by atoms with van der Waals surface area (Å²) in [6.07, 6.45) is -1.00. The molecule has 0 spiro atoms. The molecule has 2 amide bonds. The van der Waals surface area contributed by atoms with Crippen LogP contribution in [0.1, 0.15) is 70.5 Å². The summed E-state index contributed by atoms with van der Waals surface area (Å²) in [6.45, 7) is 3.33. The van der Waals surface area contributed by atoms with Gasteiger partial charge in [-0.2, -0.15) is 13.2 Å². The van der Waals surface area contributed by atoms with Gasteiger partial charge >= 0.3 is 6.18 Å². The molecule has 1 N–H and O–H groups in total. The zero-order valence-electron chi connectivity index (χ0n) is 20.0. The summed E-state index contributed by atoms with van der Waals surface area (Å²) >= 11 is 0. The minimum absolute atomic E-state index is 0.0345. The summed E-state index contributed by atoms with van der Waals surface area (Å²) in [5.74, 6) is -1.58. The van der Waals surface area contributed by atoms with Gasteiger partial charge in [-0.05, 0) is 43.0 Å². The van der Waals surface area contributed by atoms with E-state index in [0.29, 0.717) is 29.5 Å². The predicted molar refractivity (Wildman–Crippen MR) is 127 cm³/mol. The molecule has 0 aliphatic carbocycles. The third-order valence-corrected chi connectivity index (χ3v) is 5.98. The lowest BCUT2D eigenvalue weighted by atomic mass is 10.0. The topological polar surface area (TPSA) is 83.6 Å². The van der Waals surface area contributed by atoms with Crippen LogP contribution in [0.3, 0.4) is 0 Å². The predicted octanol–water partition coefficient (Wildman–Crippen LogP) is 4.86. The van der Waals surface area contributed by atoms with Gasteiger partial charge in [0, 0.05) is 25.1 Å². The molecule has 1 heterocycles. The van der Waals surface area contributed by atoms with E-state index in [-0.39, 0.29) is 42.7 Å². The van der Waals surface area contributed by atoms with Crippen molar-refractivity contribution in [2.45, 2.75) is 58.3 Å². The third kappa shape index (κ3) is 5.90. The summed E-state index contributed by atoms with van der Waals surface area (Å²) in [7, 11) is 0. The van der Waals surface area contributed by atoms with Crippen LogP contribution in [0.15, 0.2) is 54.2 Å². The Hall–Kier alpha value is -3.75. The zero-order valence-corrected chi connectivity index (χ0v) is 20.0. The summed E-state index contributed by atoms with van der Waals surface area (Å²) in [5, 5.41) is 3.19. The Morgan fingerprint density at radius 3 is 2.47 bits per heavy atom. The normalized spacial score (nSPS) is 14.6. The molecule has 0 fully saturated rings. The number of Topliss-reactive ketones (excluding diaryl/α,β-unsaturated/α-hetero) is 1. The highest BCUT2D eigenvalue weighted by Crippen LogP contribution is 2.31. The Kier molecular flexibility index (Phi) is 8.45. The summed E-state index contributed by atoms with van der Waals surface area (Å²) in [6, 6.07) is 8.90. The molecular weight excluding hydrogens is 473 g/mol. The molecule has 190 valence electrons. The van der Waals surface area contributed by atoms with Gasteiger partial charge in [-0.1, -0.05) is 43.3 Å². The number of alkyl halides is 3. The lowest BCUT2D eigenvalue weighted by Crippen LogP contribution is -2.44. The second kappa shape index (κ2) is 11.3. The van der Waals surface area contributed by atoms with E-state index in [4.69, 9.17) is 0 Å². The van der Waals surface area contributed by atoms with Crippen LogP contribution in [0.25, 0.3) is 0 Å². The number of nitrogens with zero attached hydrogens (tertiary/aromatic N) is 1. The summed E-state index contributed by atoms with van der Waals surface area (Å²) in [5.41, 5.74) is 1.31. The quantitative estimate of drug-likeness (QED) is 0.352. The number of hydrogen-bond acceptors (Lipinski definition) is 5. The Morgan fingerprint density at radius 1 is 1.11 bits per heavy atom. The van der Waals surface area contributed by atoms with E-state index < -0.39 is 29.6 Å². The third-order valence-electron chi connectivity index (χ3n) is 5.98. The van der Waals surface area contributed by atoms with Crippen LogP contribution in [0.2, 0.25) is 0 Å². The maximum atomic E-state index is 13.2.